The topological polar surface area (TPSA) is 73.1 Å². The number of aromatic nitrogens is 4. The van der Waals surface area contributed by atoms with E-state index in [0.717, 1.165) is 5.69 Å². The second kappa shape index (κ2) is 6.00. The van der Waals surface area contributed by atoms with Gasteiger partial charge in [0.15, 0.2) is 0 Å². The zero-order chi connectivity index (χ0) is 14.6. The van der Waals surface area contributed by atoms with Crippen LogP contribution in [-0.2, 0) is 5.41 Å². The van der Waals surface area contributed by atoms with E-state index >= 15 is 0 Å². The summed E-state index contributed by atoms with van der Waals surface area (Å²) >= 11 is 0. The molecule has 0 bridgehead atoms. The fraction of sp³-hybridized carbons (Fsp3) is 0.500. The maximum atomic E-state index is 8.83. The lowest BCUT2D eigenvalue weighted by Gasteiger charge is -2.21. The van der Waals surface area contributed by atoms with Crippen LogP contribution < -0.4 is 4.74 Å². The Morgan fingerprint density at radius 1 is 1.30 bits per heavy atom. The summed E-state index contributed by atoms with van der Waals surface area (Å²) < 4.78 is 7.28. The highest BCUT2D eigenvalue weighted by Crippen LogP contribution is 2.30. The van der Waals surface area contributed by atoms with Crippen molar-refractivity contribution in [2.75, 3.05) is 13.2 Å². The quantitative estimate of drug-likeness (QED) is 0.842. The highest BCUT2D eigenvalue weighted by molar-refractivity contribution is 5.49. The monoisotopic (exact) mass is 276 g/mol. The van der Waals surface area contributed by atoms with Gasteiger partial charge in [0.05, 0.1) is 6.61 Å². The maximum absolute atomic E-state index is 8.83. The first-order valence-electron chi connectivity index (χ1n) is 6.64. The number of aliphatic hydroxyl groups excluding tert-OH is 1. The minimum absolute atomic E-state index is 0.0341. The molecule has 6 heteroatoms. The Morgan fingerprint density at radius 2 is 2.10 bits per heavy atom. The van der Waals surface area contributed by atoms with E-state index in [4.69, 9.17) is 9.84 Å². The Morgan fingerprint density at radius 3 is 2.70 bits per heavy atom. The Kier molecular flexibility index (Phi) is 4.34. The van der Waals surface area contributed by atoms with Crippen molar-refractivity contribution in [2.45, 2.75) is 32.6 Å². The number of rotatable bonds is 5. The van der Waals surface area contributed by atoms with Gasteiger partial charge in [0, 0.05) is 13.0 Å². The highest BCUT2D eigenvalue weighted by atomic mass is 16.5. The fourth-order valence-corrected chi connectivity index (χ4v) is 1.80. The summed E-state index contributed by atoms with van der Waals surface area (Å²) in [4.78, 5) is 0. The molecule has 2 rings (SSSR count). The average molecular weight is 276 g/mol. The van der Waals surface area contributed by atoms with Crippen LogP contribution in [-0.4, -0.2) is 38.5 Å². The Hall–Kier alpha value is -1.95. The van der Waals surface area contributed by atoms with Crippen molar-refractivity contribution < 1.29 is 9.84 Å². The van der Waals surface area contributed by atoms with E-state index in [9.17, 15) is 0 Å². The second-order valence-corrected chi connectivity index (χ2v) is 5.61. The first-order valence-corrected chi connectivity index (χ1v) is 6.64. The Bertz CT molecular complexity index is 547. The molecule has 0 aliphatic rings. The van der Waals surface area contributed by atoms with Crippen molar-refractivity contribution in [3.8, 4) is 11.4 Å². The molecule has 6 nitrogen and oxygen atoms in total. The molecule has 0 saturated heterocycles. The molecule has 0 fully saturated rings. The SMILES string of the molecule is CC(C)(C)c1ccc(OCCCO)c(-n2cnnn2)c1. The molecule has 0 atom stereocenters. The van der Waals surface area contributed by atoms with Crippen LogP contribution in [0.2, 0.25) is 0 Å². The minimum Gasteiger partial charge on any atom is -0.491 e. The van der Waals surface area contributed by atoms with Crippen molar-refractivity contribution in [3.05, 3.63) is 30.1 Å². The standard InChI is InChI=1S/C14H20N4O2/c1-14(2,3)11-5-6-13(20-8-4-7-19)12(9-11)18-10-15-16-17-18/h5-6,9-10,19H,4,7-8H2,1-3H3. The summed E-state index contributed by atoms with van der Waals surface area (Å²) in [6, 6.07) is 6.00. The first kappa shape index (κ1) is 14.5. The van der Waals surface area contributed by atoms with E-state index in [-0.39, 0.29) is 12.0 Å². The lowest BCUT2D eigenvalue weighted by molar-refractivity contribution is 0.233. The summed E-state index contributed by atoms with van der Waals surface area (Å²) in [5.41, 5.74) is 2.02. The van der Waals surface area contributed by atoms with Crippen molar-refractivity contribution in [1.82, 2.24) is 20.2 Å². The summed E-state index contributed by atoms with van der Waals surface area (Å²) in [7, 11) is 0. The minimum atomic E-state index is 0.0341. The molecule has 1 aromatic heterocycles. The number of benzene rings is 1. The van der Waals surface area contributed by atoms with Crippen LogP contribution in [0.4, 0.5) is 0 Å². The number of aliphatic hydroxyl groups is 1. The van der Waals surface area contributed by atoms with Crippen molar-refractivity contribution >= 4 is 0 Å². The largest absolute Gasteiger partial charge is 0.491 e. The molecular formula is C14H20N4O2. The van der Waals surface area contributed by atoms with Crippen molar-refractivity contribution in [3.63, 3.8) is 0 Å². The second-order valence-electron chi connectivity index (χ2n) is 5.61. The molecule has 20 heavy (non-hydrogen) atoms. The summed E-state index contributed by atoms with van der Waals surface area (Å²) in [5.74, 6) is 0.707. The van der Waals surface area contributed by atoms with E-state index in [2.05, 4.69) is 36.3 Å². The zero-order valence-electron chi connectivity index (χ0n) is 12.1. The van der Waals surface area contributed by atoms with Crippen molar-refractivity contribution in [1.29, 1.82) is 0 Å². The first-order chi connectivity index (χ1) is 9.52. The summed E-state index contributed by atoms with van der Waals surface area (Å²) in [6.45, 7) is 7.02. The molecule has 0 aliphatic heterocycles. The molecule has 0 aliphatic carbocycles. The third-order valence-corrected chi connectivity index (χ3v) is 2.98. The summed E-state index contributed by atoms with van der Waals surface area (Å²) in [5, 5.41) is 20.1. The number of tetrazole rings is 1. The molecule has 0 saturated carbocycles. The van der Waals surface area contributed by atoms with Crippen LogP contribution in [0.15, 0.2) is 24.5 Å². The fourth-order valence-electron chi connectivity index (χ4n) is 1.80. The molecule has 0 unspecified atom stereocenters. The molecule has 0 spiro atoms. The van der Waals surface area contributed by atoms with E-state index in [1.165, 1.54) is 5.56 Å². The van der Waals surface area contributed by atoms with Crippen LogP contribution >= 0.6 is 0 Å². The van der Waals surface area contributed by atoms with Gasteiger partial charge in [-0.05, 0) is 33.5 Å². The normalized spacial score (nSPS) is 11.6. The van der Waals surface area contributed by atoms with E-state index in [0.29, 0.717) is 18.8 Å². The maximum Gasteiger partial charge on any atom is 0.145 e. The molecule has 1 N–H and O–H groups in total. The van der Waals surface area contributed by atoms with Crippen LogP contribution in [0, 0.1) is 0 Å². The third-order valence-electron chi connectivity index (χ3n) is 2.98. The lowest BCUT2D eigenvalue weighted by atomic mass is 9.87. The van der Waals surface area contributed by atoms with Crippen LogP contribution in [0.3, 0.4) is 0 Å². The molecule has 0 radical (unpaired) electrons. The van der Waals surface area contributed by atoms with E-state index < -0.39 is 0 Å². The highest BCUT2D eigenvalue weighted by Gasteiger charge is 2.17. The van der Waals surface area contributed by atoms with E-state index in [1.54, 1.807) is 11.0 Å². The van der Waals surface area contributed by atoms with Gasteiger partial charge in [-0.1, -0.05) is 26.8 Å². The lowest BCUT2D eigenvalue weighted by Crippen LogP contribution is -2.13. The number of hydrogen-bond acceptors (Lipinski definition) is 5. The van der Waals surface area contributed by atoms with Gasteiger partial charge in [0.25, 0.3) is 0 Å². The predicted octanol–water partition coefficient (Wildman–Crippen LogP) is 1.72. The number of nitrogens with zero attached hydrogens (tertiary/aromatic N) is 4. The van der Waals surface area contributed by atoms with Gasteiger partial charge in [0.1, 0.15) is 17.8 Å². The Balaban J connectivity index is 2.36. The van der Waals surface area contributed by atoms with Gasteiger partial charge in [-0.15, -0.1) is 5.10 Å². The molecule has 1 heterocycles. The van der Waals surface area contributed by atoms with Gasteiger partial charge in [-0.2, -0.15) is 4.68 Å². The molecular weight excluding hydrogens is 256 g/mol. The average Bonchev–Trinajstić information content (AvgIpc) is 2.92. The smallest absolute Gasteiger partial charge is 0.145 e. The van der Waals surface area contributed by atoms with E-state index in [1.807, 2.05) is 18.2 Å². The van der Waals surface area contributed by atoms with Gasteiger partial charge in [-0.3, -0.25) is 0 Å². The van der Waals surface area contributed by atoms with Crippen LogP contribution in [0.1, 0.15) is 32.8 Å². The van der Waals surface area contributed by atoms with Gasteiger partial charge < -0.3 is 9.84 Å². The van der Waals surface area contributed by atoms with Crippen molar-refractivity contribution in [2.24, 2.45) is 0 Å². The van der Waals surface area contributed by atoms with Gasteiger partial charge >= 0.3 is 0 Å². The predicted molar refractivity (Wildman–Crippen MR) is 75.1 cm³/mol. The van der Waals surface area contributed by atoms with Crippen LogP contribution in [0.25, 0.3) is 5.69 Å². The number of hydrogen-bond donors (Lipinski definition) is 1. The Labute approximate surface area is 118 Å². The molecule has 108 valence electrons. The molecule has 2 aromatic rings. The zero-order valence-corrected chi connectivity index (χ0v) is 12.1. The number of ether oxygens (including phenoxy) is 1. The van der Waals surface area contributed by atoms with Gasteiger partial charge in [-0.25, -0.2) is 0 Å². The molecule has 1 aromatic carbocycles. The third kappa shape index (κ3) is 3.33. The summed E-state index contributed by atoms with van der Waals surface area (Å²) in [6.07, 6.45) is 2.14. The molecule has 0 amide bonds. The van der Waals surface area contributed by atoms with Crippen LogP contribution in [0.5, 0.6) is 5.75 Å². The van der Waals surface area contributed by atoms with Gasteiger partial charge in [0.2, 0.25) is 0 Å².